The molecule has 0 fully saturated rings. The van der Waals surface area contributed by atoms with Crippen molar-refractivity contribution in [2.24, 2.45) is 0 Å². The molecule has 0 bridgehead atoms. The highest BCUT2D eigenvalue weighted by Crippen LogP contribution is 2.28. The zero-order chi connectivity index (χ0) is 19.0. The molecule has 1 unspecified atom stereocenters. The molecule has 4 rings (SSSR count). The number of carbonyl (C=O) groups excluding carboxylic acids is 1. The molecule has 3 N–H and O–H groups in total. The number of fused-ring (bicyclic) bond motifs is 2. The van der Waals surface area contributed by atoms with E-state index in [-0.39, 0.29) is 16.8 Å². The van der Waals surface area contributed by atoms with E-state index in [1.165, 1.54) is 11.8 Å². The van der Waals surface area contributed by atoms with E-state index in [4.69, 9.17) is 0 Å². The summed E-state index contributed by atoms with van der Waals surface area (Å²) >= 11 is 1.43. The fourth-order valence-electron chi connectivity index (χ4n) is 3.01. The predicted molar refractivity (Wildman–Crippen MR) is 108 cm³/mol. The fraction of sp³-hybridized carbons (Fsp3) is 0.211. The number of imidazole rings is 2. The Bertz CT molecular complexity index is 1190. The van der Waals surface area contributed by atoms with Gasteiger partial charge in [-0.05, 0) is 44.2 Å². The van der Waals surface area contributed by atoms with Crippen LogP contribution in [0.2, 0.25) is 0 Å². The van der Waals surface area contributed by atoms with E-state index >= 15 is 0 Å². The maximum atomic E-state index is 12.6. The molecule has 1 atom stereocenters. The summed E-state index contributed by atoms with van der Waals surface area (Å²) in [6.45, 7) is 4.71. The van der Waals surface area contributed by atoms with Crippen molar-refractivity contribution in [2.45, 2.75) is 30.8 Å². The van der Waals surface area contributed by atoms with Crippen molar-refractivity contribution in [1.82, 2.24) is 19.5 Å². The van der Waals surface area contributed by atoms with E-state index < -0.39 is 0 Å². The second kappa shape index (κ2) is 6.96. The quantitative estimate of drug-likeness (QED) is 0.462. The van der Waals surface area contributed by atoms with Crippen LogP contribution < -0.4 is 11.0 Å². The number of nitrogens with one attached hydrogen (secondary N) is 3. The maximum absolute atomic E-state index is 12.6. The third-order valence-corrected chi connectivity index (χ3v) is 5.46. The maximum Gasteiger partial charge on any atom is 0.323 e. The fourth-order valence-corrected chi connectivity index (χ4v) is 4.00. The number of amides is 1. The minimum atomic E-state index is -0.326. The van der Waals surface area contributed by atoms with Crippen LogP contribution in [0.5, 0.6) is 0 Å². The lowest BCUT2D eigenvalue weighted by Gasteiger charge is -2.12. The van der Waals surface area contributed by atoms with E-state index in [9.17, 15) is 9.59 Å². The van der Waals surface area contributed by atoms with Gasteiger partial charge in [0.25, 0.3) is 0 Å². The Balaban J connectivity index is 1.52. The van der Waals surface area contributed by atoms with Crippen LogP contribution in [0.25, 0.3) is 22.1 Å². The molecular formula is C19H19N5O2S. The van der Waals surface area contributed by atoms with Gasteiger partial charge in [0.05, 0.1) is 27.3 Å². The van der Waals surface area contributed by atoms with E-state index in [0.29, 0.717) is 16.7 Å². The molecule has 4 aromatic rings. The molecule has 2 heterocycles. The Morgan fingerprint density at radius 3 is 2.81 bits per heavy atom. The Kier molecular flexibility index (Phi) is 4.49. The highest BCUT2D eigenvalue weighted by molar-refractivity contribution is 8.00. The van der Waals surface area contributed by atoms with E-state index in [1.54, 1.807) is 18.2 Å². The number of benzene rings is 2. The van der Waals surface area contributed by atoms with Gasteiger partial charge in [0.15, 0.2) is 5.16 Å². The normalized spacial score (nSPS) is 12.5. The highest BCUT2D eigenvalue weighted by Gasteiger charge is 2.19. The van der Waals surface area contributed by atoms with Gasteiger partial charge in [-0.25, -0.2) is 9.78 Å². The van der Waals surface area contributed by atoms with Crippen LogP contribution in [-0.2, 0) is 11.3 Å². The first-order chi connectivity index (χ1) is 13.0. The SMILES string of the molecule is CCn1c(SC(C)C(=O)Nc2ccc3[nH]c(=O)[nH]c3c2)nc2ccccc21. The monoisotopic (exact) mass is 381 g/mol. The molecule has 27 heavy (non-hydrogen) atoms. The number of carbonyl (C=O) groups is 1. The molecule has 0 aliphatic rings. The lowest BCUT2D eigenvalue weighted by molar-refractivity contribution is -0.115. The summed E-state index contributed by atoms with van der Waals surface area (Å²) in [5.74, 6) is -0.119. The molecule has 8 heteroatoms. The van der Waals surface area contributed by atoms with Crippen LogP contribution in [0.15, 0.2) is 52.4 Å². The molecule has 0 saturated heterocycles. The van der Waals surface area contributed by atoms with Gasteiger partial charge in [0, 0.05) is 12.2 Å². The average molecular weight is 381 g/mol. The first kappa shape index (κ1) is 17.4. The lowest BCUT2D eigenvalue weighted by atomic mass is 10.2. The summed E-state index contributed by atoms with van der Waals surface area (Å²) in [6.07, 6.45) is 0. The van der Waals surface area contributed by atoms with E-state index in [2.05, 4.69) is 31.8 Å². The van der Waals surface area contributed by atoms with Crippen molar-refractivity contribution < 1.29 is 4.79 Å². The molecule has 7 nitrogen and oxygen atoms in total. The van der Waals surface area contributed by atoms with Crippen molar-refractivity contribution in [3.8, 4) is 0 Å². The van der Waals surface area contributed by atoms with E-state index in [1.807, 2.05) is 31.2 Å². The number of nitrogens with zero attached hydrogens (tertiary/aromatic N) is 2. The number of aromatic amines is 2. The Hall–Kier alpha value is -3.00. The molecule has 0 radical (unpaired) electrons. The first-order valence-corrected chi connectivity index (χ1v) is 9.58. The summed E-state index contributed by atoms with van der Waals surface area (Å²) in [6, 6.07) is 13.2. The van der Waals surface area contributed by atoms with Gasteiger partial charge in [-0.1, -0.05) is 23.9 Å². The van der Waals surface area contributed by atoms with Crippen molar-refractivity contribution in [2.75, 3.05) is 5.32 Å². The summed E-state index contributed by atoms with van der Waals surface area (Å²) in [5.41, 5.74) is 3.73. The van der Waals surface area contributed by atoms with Crippen LogP contribution in [0.4, 0.5) is 5.69 Å². The molecular weight excluding hydrogens is 362 g/mol. The standard InChI is InChI=1S/C19H19N5O2S/c1-3-24-16-7-5-4-6-14(16)23-19(24)27-11(2)17(25)20-12-8-9-13-15(10-12)22-18(26)21-13/h4-11H,3H2,1-2H3,(H,20,25)(H2,21,22,26). The van der Waals surface area contributed by atoms with Gasteiger partial charge in [-0.15, -0.1) is 0 Å². The molecule has 0 saturated carbocycles. The topological polar surface area (TPSA) is 95.6 Å². The van der Waals surface area contributed by atoms with Crippen LogP contribution >= 0.6 is 11.8 Å². The van der Waals surface area contributed by atoms with Crippen molar-refractivity contribution in [1.29, 1.82) is 0 Å². The summed E-state index contributed by atoms with van der Waals surface area (Å²) < 4.78 is 2.11. The zero-order valence-electron chi connectivity index (χ0n) is 14.9. The summed E-state index contributed by atoms with van der Waals surface area (Å²) in [7, 11) is 0. The molecule has 0 aliphatic heterocycles. The van der Waals surface area contributed by atoms with Gasteiger partial charge in [-0.2, -0.15) is 0 Å². The molecule has 0 aliphatic carbocycles. The molecule has 2 aromatic heterocycles. The largest absolute Gasteiger partial charge is 0.325 e. The smallest absolute Gasteiger partial charge is 0.323 e. The van der Waals surface area contributed by atoms with Crippen molar-refractivity contribution in [3.05, 3.63) is 52.9 Å². The molecule has 138 valence electrons. The molecule has 0 spiro atoms. The van der Waals surface area contributed by atoms with Crippen LogP contribution in [0, 0.1) is 0 Å². The second-order valence-corrected chi connectivity index (χ2v) is 7.52. The molecule has 2 aromatic carbocycles. The van der Waals surface area contributed by atoms with Gasteiger partial charge in [0.1, 0.15) is 0 Å². The average Bonchev–Trinajstić information content (AvgIpc) is 3.19. The summed E-state index contributed by atoms with van der Waals surface area (Å²) in [5, 5.41) is 3.40. The number of thioether (sulfide) groups is 1. The van der Waals surface area contributed by atoms with Crippen LogP contribution in [0.3, 0.4) is 0 Å². The van der Waals surface area contributed by atoms with E-state index in [0.717, 1.165) is 22.7 Å². The number of aryl methyl sites for hydroxylation is 1. The lowest BCUT2D eigenvalue weighted by Crippen LogP contribution is -2.22. The van der Waals surface area contributed by atoms with Gasteiger partial charge >= 0.3 is 5.69 Å². The summed E-state index contributed by atoms with van der Waals surface area (Å²) in [4.78, 5) is 34.0. The number of H-pyrrole nitrogens is 2. The number of anilines is 1. The second-order valence-electron chi connectivity index (χ2n) is 6.22. The Morgan fingerprint density at radius 1 is 1.22 bits per heavy atom. The Morgan fingerprint density at radius 2 is 2.00 bits per heavy atom. The van der Waals surface area contributed by atoms with Gasteiger partial charge in [-0.3, -0.25) is 4.79 Å². The number of hydrogen-bond donors (Lipinski definition) is 3. The Labute approximate surface area is 159 Å². The zero-order valence-corrected chi connectivity index (χ0v) is 15.8. The number of aromatic nitrogens is 4. The minimum Gasteiger partial charge on any atom is -0.325 e. The number of rotatable bonds is 5. The first-order valence-electron chi connectivity index (χ1n) is 8.70. The third-order valence-electron chi connectivity index (χ3n) is 4.37. The van der Waals surface area contributed by atoms with Crippen LogP contribution in [0.1, 0.15) is 13.8 Å². The van der Waals surface area contributed by atoms with Gasteiger partial charge in [0.2, 0.25) is 5.91 Å². The van der Waals surface area contributed by atoms with Gasteiger partial charge < -0.3 is 19.9 Å². The number of hydrogen-bond acceptors (Lipinski definition) is 4. The minimum absolute atomic E-state index is 0.119. The van der Waals surface area contributed by atoms with Crippen molar-refractivity contribution >= 4 is 45.4 Å². The number of para-hydroxylation sites is 2. The van der Waals surface area contributed by atoms with Crippen LogP contribution in [-0.4, -0.2) is 30.7 Å². The van der Waals surface area contributed by atoms with Crippen molar-refractivity contribution in [3.63, 3.8) is 0 Å². The predicted octanol–water partition coefficient (Wildman–Crippen LogP) is 3.35. The third kappa shape index (κ3) is 3.35. The molecule has 1 amide bonds. The highest BCUT2D eigenvalue weighted by atomic mass is 32.2.